The molecular weight excluding hydrogens is 319 g/mol. The maximum absolute atomic E-state index is 4.25. The average molecular weight is 342 g/mol. The molecule has 0 aliphatic rings. The number of allylic oxidation sites excluding steroid dienone is 1. The fraction of sp³-hybridized carbons (Fsp3) is 0.500. The summed E-state index contributed by atoms with van der Waals surface area (Å²) in [6, 6.07) is 8.66. The van der Waals surface area contributed by atoms with Gasteiger partial charge in [-0.2, -0.15) is 0 Å². The Kier molecular flexibility index (Phi) is 6.86. The van der Waals surface area contributed by atoms with Crippen LogP contribution >= 0.6 is 22.6 Å². The molecule has 0 fully saturated rings. The van der Waals surface area contributed by atoms with Crippen molar-refractivity contribution in [2.24, 2.45) is 5.92 Å². The number of hydrogen-bond donors (Lipinski definition) is 0. The van der Waals surface area contributed by atoms with Crippen LogP contribution in [0.15, 0.2) is 36.4 Å². The highest BCUT2D eigenvalue weighted by Gasteiger charge is 2.07. The average Bonchev–Trinajstić information content (AvgIpc) is 2.33. The van der Waals surface area contributed by atoms with Crippen molar-refractivity contribution < 1.29 is 0 Å². The molecule has 0 bridgehead atoms. The molecule has 0 atom stereocenters. The van der Waals surface area contributed by atoms with Crippen LogP contribution in [0.25, 0.3) is 0 Å². The summed E-state index contributed by atoms with van der Waals surface area (Å²) < 4.78 is 1.39. The van der Waals surface area contributed by atoms with E-state index in [1.165, 1.54) is 46.8 Å². The van der Waals surface area contributed by atoms with Gasteiger partial charge in [0.15, 0.2) is 0 Å². The van der Waals surface area contributed by atoms with Gasteiger partial charge in [0.25, 0.3) is 0 Å². The van der Waals surface area contributed by atoms with Crippen molar-refractivity contribution in [3.8, 4) is 0 Å². The minimum Gasteiger partial charge on any atom is -0.0996 e. The van der Waals surface area contributed by atoms with Crippen molar-refractivity contribution >= 4 is 22.6 Å². The first-order valence-corrected chi connectivity index (χ1v) is 7.68. The van der Waals surface area contributed by atoms with Crippen LogP contribution in [0.3, 0.4) is 0 Å². The Bertz CT molecular complexity index is 350. The van der Waals surface area contributed by atoms with Crippen LogP contribution in [0, 0.1) is 9.49 Å². The second-order valence-corrected chi connectivity index (χ2v) is 5.78. The normalized spacial score (nSPS) is 10.8. The molecule has 0 spiro atoms. The van der Waals surface area contributed by atoms with Gasteiger partial charge in [-0.25, -0.2) is 0 Å². The van der Waals surface area contributed by atoms with Gasteiger partial charge in [-0.3, -0.25) is 0 Å². The Balaban J connectivity index is 2.38. The highest BCUT2D eigenvalue weighted by atomic mass is 127. The summed E-state index contributed by atoms with van der Waals surface area (Å²) in [6.45, 7) is 8.78. The lowest BCUT2D eigenvalue weighted by molar-refractivity contribution is 0.545. The third-order valence-corrected chi connectivity index (χ3v) is 4.52. The summed E-state index contributed by atoms with van der Waals surface area (Å²) >= 11 is 2.42. The van der Waals surface area contributed by atoms with E-state index in [0.717, 1.165) is 5.92 Å². The Morgan fingerprint density at radius 3 is 2.47 bits per heavy atom. The van der Waals surface area contributed by atoms with Gasteiger partial charge in [0.05, 0.1) is 0 Å². The molecule has 1 rings (SSSR count). The predicted molar refractivity (Wildman–Crippen MR) is 85.3 cm³/mol. The smallest absolute Gasteiger partial charge is 0.0162 e. The van der Waals surface area contributed by atoms with Gasteiger partial charge in [-0.05, 0) is 72.2 Å². The monoisotopic (exact) mass is 342 g/mol. The standard InChI is InChI=1S/C16H23I/c1-4-14(5-2)13(3)9-8-11-15-10-6-7-12-16(15)17/h6-7,10,12,14H,3-5,8-9,11H2,1-2H3. The molecule has 0 radical (unpaired) electrons. The number of rotatable bonds is 7. The van der Waals surface area contributed by atoms with Gasteiger partial charge in [-0.1, -0.05) is 44.2 Å². The van der Waals surface area contributed by atoms with E-state index in [9.17, 15) is 0 Å². The number of benzene rings is 1. The molecular formula is C16H23I. The lowest BCUT2D eigenvalue weighted by atomic mass is 9.91. The molecule has 0 amide bonds. The van der Waals surface area contributed by atoms with E-state index < -0.39 is 0 Å². The van der Waals surface area contributed by atoms with Gasteiger partial charge < -0.3 is 0 Å². The van der Waals surface area contributed by atoms with E-state index in [2.05, 4.69) is 67.3 Å². The van der Waals surface area contributed by atoms with Crippen molar-refractivity contribution in [3.05, 3.63) is 45.6 Å². The second kappa shape index (κ2) is 7.91. The first kappa shape index (κ1) is 14.7. The summed E-state index contributed by atoms with van der Waals surface area (Å²) in [5.41, 5.74) is 2.92. The van der Waals surface area contributed by atoms with Crippen LogP contribution in [0.1, 0.15) is 45.1 Å². The molecule has 1 aromatic carbocycles. The van der Waals surface area contributed by atoms with Gasteiger partial charge in [0, 0.05) is 3.57 Å². The Morgan fingerprint density at radius 1 is 1.24 bits per heavy atom. The lowest BCUT2D eigenvalue weighted by Crippen LogP contribution is -2.01. The van der Waals surface area contributed by atoms with Crippen LogP contribution in [-0.2, 0) is 6.42 Å². The Hall–Kier alpha value is -0.310. The minimum atomic E-state index is 0.727. The minimum absolute atomic E-state index is 0.727. The highest BCUT2D eigenvalue weighted by molar-refractivity contribution is 14.1. The van der Waals surface area contributed by atoms with Crippen LogP contribution in [-0.4, -0.2) is 0 Å². The van der Waals surface area contributed by atoms with E-state index in [4.69, 9.17) is 0 Å². The summed E-state index contributed by atoms with van der Waals surface area (Å²) in [5.74, 6) is 0.727. The largest absolute Gasteiger partial charge is 0.0996 e. The molecule has 1 aromatic rings. The third-order valence-electron chi connectivity index (χ3n) is 3.46. The molecule has 94 valence electrons. The topological polar surface area (TPSA) is 0 Å². The zero-order valence-corrected chi connectivity index (χ0v) is 13.2. The summed E-state index contributed by atoms with van der Waals surface area (Å²) in [6.07, 6.45) is 6.06. The number of halogens is 1. The first-order chi connectivity index (χ1) is 8.19. The SMILES string of the molecule is C=C(CCCc1ccccc1I)C(CC)CC. The van der Waals surface area contributed by atoms with Crippen LogP contribution in [0.4, 0.5) is 0 Å². The second-order valence-electron chi connectivity index (χ2n) is 4.62. The van der Waals surface area contributed by atoms with Gasteiger partial charge in [-0.15, -0.1) is 0 Å². The van der Waals surface area contributed by atoms with Crippen LogP contribution in [0.2, 0.25) is 0 Å². The summed E-state index contributed by atoms with van der Waals surface area (Å²) in [4.78, 5) is 0. The van der Waals surface area contributed by atoms with Gasteiger partial charge in [0.1, 0.15) is 0 Å². The van der Waals surface area contributed by atoms with E-state index in [0.29, 0.717) is 0 Å². The zero-order chi connectivity index (χ0) is 12.7. The maximum atomic E-state index is 4.25. The molecule has 0 heterocycles. The van der Waals surface area contributed by atoms with E-state index in [-0.39, 0.29) is 0 Å². The predicted octanol–water partition coefficient (Wildman–Crippen LogP) is 5.61. The Labute approximate surface area is 120 Å². The highest BCUT2D eigenvalue weighted by Crippen LogP contribution is 2.23. The molecule has 17 heavy (non-hydrogen) atoms. The van der Waals surface area contributed by atoms with Gasteiger partial charge in [0.2, 0.25) is 0 Å². The summed E-state index contributed by atoms with van der Waals surface area (Å²) in [5, 5.41) is 0. The first-order valence-electron chi connectivity index (χ1n) is 6.60. The van der Waals surface area contributed by atoms with Crippen molar-refractivity contribution in [3.63, 3.8) is 0 Å². The molecule has 1 heteroatoms. The van der Waals surface area contributed by atoms with E-state index in [1.807, 2.05) is 0 Å². The van der Waals surface area contributed by atoms with Gasteiger partial charge >= 0.3 is 0 Å². The lowest BCUT2D eigenvalue weighted by Gasteiger charge is -2.15. The fourth-order valence-electron chi connectivity index (χ4n) is 2.28. The molecule has 0 saturated heterocycles. The molecule has 0 saturated carbocycles. The molecule has 0 aromatic heterocycles. The van der Waals surface area contributed by atoms with Crippen LogP contribution in [0.5, 0.6) is 0 Å². The fourth-order valence-corrected chi connectivity index (χ4v) is 2.93. The summed E-state index contributed by atoms with van der Waals surface area (Å²) in [7, 11) is 0. The van der Waals surface area contributed by atoms with Crippen LogP contribution < -0.4 is 0 Å². The van der Waals surface area contributed by atoms with Crippen molar-refractivity contribution in [2.45, 2.75) is 46.0 Å². The van der Waals surface area contributed by atoms with E-state index in [1.54, 1.807) is 0 Å². The molecule has 0 nitrogen and oxygen atoms in total. The molecule has 0 aliphatic carbocycles. The van der Waals surface area contributed by atoms with E-state index >= 15 is 0 Å². The maximum Gasteiger partial charge on any atom is 0.0162 e. The molecule has 0 aliphatic heterocycles. The van der Waals surface area contributed by atoms with Crippen molar-refractivity contribution in [1.82, 2.24) is 0 Å². The van der Waals surface area contributed by atoms with Crippen molar-refractivity contribution in [2.75, 3.05) is 0 Å². The van der Waals surface area contributed by atoms with Crippen molar-refractivity contribution in [1.29, 1.82) is 0 Å². The number of hydrogen-bond acceptors (Lipinski definition) is 0. The molecule has 0 N–H and O–H groups in total. The molecule has 0 unspecified atom stereocenters. The quantitative estimate of drug-likeness (QED) is 0.446. The third kappa shape index (κ3) is 4.82. The zero-order valence-electron chi connectivity index (χ0n) is 11.0. The Morgan fingerprint density at radius 2 is 1.88 bits per heavy atom. The number of aryl methyl sites for hydroxylation is 1.